The monoisotopic (exact) mass is 254 g/mol. The van der Waals surface area contributed by atoms with Gasteiger partial charge in [-0.15, -0.1) is 0 Å². The first-order chi connectivity index (χ1) is 8.04. The molecule has 0 amide bonds. The molecule has 2 aliphatic heterocycles. The third-order valence-corrected chi connectivity index (χ3v) is 4.27. The van der Waals surface area contributed by atoms with E-state index in [4.69, 9.17) is 5.11 Å². The lowest BCUT2D eigenvalue weighted by Gasteiger charge is -2.21. The lowest BCUT2D eigenvalue weighted by molar-refractivity contribution is -0.131. The molecule has 0 saturated carbocycles. The van der Waals surface area contributed by atoms with Crippen LogP contribution in [0, 0.1) is 5.92 Å². The zero-order valence-electron chi connectivity index (χ0n) is 9.71. The van der Waals surface area contributed by atoms with Crippen LogP contribution in [0.3, 0.4) is 0 Å². The Kier molecular flexibility index (Phi) is 3.15. The molecule has 5 nitrogen and oxygen atoms in total. The number of hydrogen-bond acceptors (Lipinski definition) is 4. The van der Waals surface area contributed by atoms with Crippen molar-refractivity contribution in [3.63, 3.8) is 0 Å². The van der Waals surface area contributed by atoms with E-state index in [0.29, 0.717) is 17.6 Å². The van der Waals surface area contributed by atoms with Crippen LogP contribution in [0.5, 0.6) is 0 Å². The molecule has 2 heterocycles. The summed E-state index contributed by atoms with van der Waals surface area (Å²) in [5.74, 6) is -0.846. The largest absolute Gasteiger partial charge is 0.477 e. The minimum atomic E-state index is -1.65. The number of hydrogen-bond donors (Lipinski definition) is 1. The number of carboxylic acids is 1. The van der Waals surface area contributed by atoms with Gasteiger partial charge in [0.2, 0.25) is 5.17 Å². The molecule has 1 N–H and O–H groups in total. The molecular formula is C11H14N2O3S. The van der Waals surface area contributed by atoms with E-state index in [9.17, 15) is 9.00 Å². The molecule has 0 aromatic heterocycles. The lowest BCUT2D eigenvalue weighted by Crippen LogP contribution is -2.28. The highest BCUT2D eigenvalue weighted by atomic mass is 32.2. The van der Waals surface area contributed by atoms with Gasteiger partial charge in [-0.2, -0.15) is 0 Å². The molecule has 6 heteroatoms. The molecule has 17 heavy (non-hydrogen) atoms. The summed E-state index contributed by atoms with van der Waals surface area (Å²) < 4.78 is 11.9. The van der Waals surface area contributed by atoms with Crippen molar-refractivity contribution in [2.75, 3.05) is 6.54 Å². The van der Waals surface area contributed by atoms with Gasteiger partial charge in [0.05, 0.1) is 0 Å². The van der Waals surface area contributed by atoms with E-state index >= 15 is 0 Å². The molecule has 0 radical (unpaired) electrons. The predicted octanol–water partition coefficient (Wildman–Crippen LogP) is 1.28. The zero-order valence-corrected chi connectivity index (χ0v) is 10.5. The van der Waals surface area contributed by atoms with Crippen LogP contribution in [0.4, 0.5) is 0 Å². The topological polar surface area (TPSA) is 70.0 Å². The third-order valence-electron chi connectivity index (χ3n) is 2.93. The Labute approximate surface area is 102 Å². The molecule has 2 atom stereocenters. The number of carbonyl (C=O) groups is 1. The number of amidine groups is 1. The molecule has 2 aliphatic rings. The average Bonchev–Trinajstić information content (AvgIpc) is 2.65. The number of rotatable bonds is 3. The highest BCUT2D eigenvalue weighted by Crippen LogP contribution is 2.26. The predicted molar refractivity (Wildman–Crippen MR) is 65.5 cm³/mol. The maximum atomic E-state index is 11.9. The first kappa shape index (κ1) is 12.0. The van der Waals surface area contributed by atoms with Crippen molar-refractivity contribution in [1.82, 2.24) is 4.90 Å². The molecule has 0 aromatic carbocycles. The average molecular weight is 254 g/mol. The first-order valence-corrected chi connectivity index (χ1v) is 6.61. The number of nitrogens with zero attached hydrogens (tertiary/aromatic N) is 2. The second-order valence-electron chi connectivity index (χ2n) is 4.05. The van der Waals surface area contributed by atoms with Crippen LogP contribution < -0.4 is 0 Å². The maximum absolute atomic E-state index is 11.9. The number of fused-ring (bicyclic) bond motifs is 1. The van der Waals surface area contributed by atoms with E-state index in [1.807, 2.05) is 6.08 Å². The zero-order chi connectivity index (χ0) is 12.6. The van der Waals surface area contributed by atoms with Crippen molar-refractivity contribution in [3.05, 3.63) is 22.9 Å². The van der Waals surface area contributed by atoms with Gasteiger partial charge in [0.25, 0.3) is 0 Å². The molecule has 0 fully saturated rings. The molecule has 2 unspecified atom stereocenters. The minimum absolute atomic E-state index is 0.0949. The summed E-state index contributed by atoms with van der Waals surface area (Å²) in [6.45, 7) is 4.65. The van der Waals surface area contributed by atoms with Gasteiger partial charge in [-0.1, -0.05) is 13.8 Å². The molecule has 0 aromatic rings. The smallest absolute Gasteiger partial charge is 0.346 e. The van der Waals surface area contributed by atoms with Gasteiger partial charge in [0.1, 0.15) is 15.7 Å². The minimum Gasteiger partial charge on any atom is -0.477 e. The molecule has 0 bridgehead atoms. The van der Waals surface area contributed by atoms with Crippen LogP contribution in [-0.4, -0.2) is 31.9 Å². The summed E-state index contributed by atoms with van der Waals surface area (Å²) in [5.41, 5.74) is 0.895. The Morgan fingerprint density at radius 1 is 1.71 bits per heavy atom. The first-order valence-electron chi connectivity index (χ1n) is 5.46. The molecular weight excluding hydrogens is 240 g/mol. The number of carboxylic acid groups (broad SMARTS) is 1. The molecule has 0 saturated heterocycles. The fourth-order valence-corrected chi connectivity index (χ4v) is 2.80. The SMILES string of the molecule is CCC(C)C1=CCN2C=C(C(=O)O)S(=O)C2=N1. The standard InChI is InChI=1S/C11H14N2O3S/c1-3-7(2)8-4-5-13-6-9(10(14)15)17(16)11(13)12-8/h4,6-7H,3,5H2,1-2H3,(H,14,15). The van der Waals surface area contributed by atoms with Gasteiger partial charge in [-0.05, 0) is 18.4 Å². The Hall–Kier alpha value is -1.43. The Morgan fingerprint density at radius 3 is 3.00 bits per heavy atom. The molecule has 0 spiro atoms. The number of aliphatic imine (C=N–C) groups is 1. The fourth-order valence-electron chi connectivity index (χ4n) is 1.69. The Morgan fingerprint density at radius 2 is 2.41 bits per heavy atom. The van der Waals surface area contributed by atoms with Crippen LogP contribution in [0.15, 0.2) is 27.9 Å². The summed E-state index contributed by atoms with van der Waals surface area (Å²) in [5, 5.41) is 9.24. The number of aliphatic carboxylic acids is 1. The maximum Gasteiger partial charge on any atom is 0.346 e. The number of allylic oxidation sites excluding steroid dienone is 1. The van der Waals surface area contributed by atoms with Crippen LogP contribution in [0.1, 0.15) is 20.3 Å². The van der Waals surface area contributed by atoms with E-state index in [1.54, 1.807) is 4.90 Å². The normalized spacial score (nSPS) is 24.7. The van der Waals surface area contributed by atoms with Crippen molar-refractivity contribution >= 4 is 21.9 Å². The van der Waals surface area contributed by atoms with Gasteiger partial charge in [-0.25, -0.2) is 14.0 Å². The Bertz CT molecular complexity index is 479. The fraction of sp³-hybridized carbons (Fsp3) is 0.455. The lowest BCUT2D eigenvalue weighted by atomic mass is 10.0. The summed E-state index contributed by atoms with van der Waals surface area (Å²) in [7, 11) is -1.65. The van der Waals surface area contributed by atoms with Crippen molar-refractivity contribution in [2.24, 2.45) is 10.9 Å². The van der Waals surface area contributed by atoms with E-state index in [-0.39, 0.29) is 4.91 Å². The van der Waals surface area contributed by atoms with Gasteiger partial charge < -0.3 is 10.0 Å². The summed E-state index contributed by atoms with van der Waals surface area (Å²) in [4.78, 5) is 16.7. The summed E-state index contributed by atoms with van der Waals surface area (Å²) in [6.07, 6.45) is 4.31. The van der Waals surface area contributed by atoms with Gasteiger partial charge >= 0.3 is 5.97 Å². The van der Waals surface area contributed by atoms with Crippen LogP contribution >= 0.6 is 0 Å². The summed E-state index contributed by atoms with van der Waals surface area (Å²) in [6, 6.07) is 0. The van der Waals surface area contributed by atoms with Gasteiger partial charge in [0, 0.05) is 18.4 Å². The molecule has 92 valence electrons. The molecule has 2 rings (SSSR count). The van der Waals surface area contributed by atoms with Crippen molar-refractivity contribution < 1.29 is 14.1 Å². The van der Waals surface area contributed by atoms with E-state index in [1.165, 1.54) is 6.20 Å². The van der Waals surface area contributed by atoms with Crippen molar-refractivity contribution in [2.45, 2.75) is 20.3 Å². The van der Waals surface area contributed by atoms with E-state index < -0.39 is 16.8 Å². The Balaban J connectivity index is 2.29. The van der Waals surface area contributed by atoms with Gasteiger partial charge in [-0.3, -0.25) is 0 Å². The van der Waals surface area contributed by atoms with E-state index in [0.717, 1.165) is 12.1 Å². The van der Waals surface area contributed by atoms with Crippen LogP contribution in [-0.2, 0) is 15.6 Å². The highest BCUT2D eigenvalue weighted by molar-refractivity contribution is 8.05. The summed E-state index contributed by atoms with van der Waals surface area (Å²) >= 11 is 0. The van der Waals surface area contributed by atoms with Gasteiger partial charge in [0.15, 0.2) is 0 Å². The highest BCUT2D eigenvalue weighted by Gasteiger charge is 2.34. The van der Waals surface area contributed by atoms with E-state index in [2.05, 4.69) is 18.8 Å². The van der Waals surface area contributed by atoms with Crippen LogP contribution in [0.25, 0.3) is 0 Å². The van der Waals surface area contributed by atoms with Crippen LogP contribution in [0.2, 0.25) is 0 Å². The molecule has 0 aliphatic carbocycles. The van der Waals surface area contributed by atoms with Crippen molar-refractivity contribution in [1.29, 1.82) is 0 Å². The van der Waals surface area contributed by atoms with Crippen molar-refractivity contribution in [3.8, 4) is 0 Å². The second kappa shape index (κ2) is 4.44. The third kappa shape index (κ3) is 2.04. The second-order valence-corrected chi connectivity index (χ2v) is 5.39. The quantitative estimate of drug-likeness (QED) is 0.823.